The van der Waals surface area contributed by atoms with E-state index in [1.165, 1.54) is 5.56 Å². The average Bonchev–Trinajstić information content (AvgIpc) is 3.16. The number of carbonyl (C=O) groups is 1. The van der Waals surface area contributed by atoms with Crippen LogP contribution in [0.15, 0.2) is 41.8 Å². The predicted octanol–water partition coefficient (Wildman–Crippen LogP) is 2.49. The number of thiophene rings is 1. The fourth-order valence-electron chi connectivity index (χ4n) is 3.02. The third-order valence-corrected chi connectivity index (χ3v) is 5.27. The summed E-state index contributed by atoms with van der Waals surface area (Å²) in [6.07, 6.45) is 0.441. The SMILES string of the molecule is COc1ccc([C@@H](CNC(=O)Cc2cccs2)N2CCOCC2)cc1. The molecule has 2 aromatic rings. The highest BCUT2D eigenvalue weighted by Gasteiger charge is 2.23. The first kappa shape index (κ1) is 17.9. The molecule has 1 aliphatic heterocycles. The van der Waals surface area contributed by atoms with E-state index >= 15 is 0 Å². The summed E-state index contributed by atoms with van der Waals surface area (Å²) >= 11 is 1.61. The maximum atomic E-state index is 12.3. The van der Waals surface area contributed by atoms with Crippen LogP contribution in [0.3, 0.4) is 0 Å². The molecule has 0 radical (unpaired) electrons. The van der Waals surface area contributed by atoms with Crippen LogP contribution in [0.2, 0.25) is 0 Å². The highest BCUT2D eigenvalue weighted by Crippen LogP contribution is 2.23. The molecule has 25 heavy (non-hydrogen) atoms. The van der Waals surface area contributed by atoms with E-state index in [4.69, 9.17) is 9.47 Å². The van der Waals surface area contributed by atoms with Crippen LogP contribution in [0, 0.1) is 0 Å². The van der Waals surface area contributed by atoms with Gasteiger partial charge in [0.1, 0.15) is 5.75 Å². The number of carbonyl (C=O) groups excluding carboxylic acids is 1. The first-order valence-corrected chi connectivity index (χ1v) is 9.39. The largest absolute Gasteiger partial charge is 0.497 e. The van der Waals surface area contributed by atoms with Crippen molar-refractivity contribution in [3.8, 4) is 5.75 Å². The van der Waals surface area contributed by atoms with Gasteiger partial charge in [-0.25, -0.2) is 0 Å². The van der Waals surface area contributed by atoms with E-state index in [9.17, 15) is 4.79 Å². The van der Waals surface area contributed by atoms with Crippen LogP contribution in [-0.2, 0) is 16.0 Å². The number of hydrogen-bond acceptors (Lipinski definition) is 5. The van der Waals surface area contributed by atoms with Crippen LogP contribution in [0.5, 0.6) is 5.75 Å². The molecular weight excluding hydrogens is 336 g/mol. The van der Waals surface area contributed by atoms with Gasteiger partial charge in [0.15, 0.2) is 0 Å². The van der Waals surface area contributed by atoms with Gasteiger partial charge in [-0.2, -0.15) is 0 Å². The molecule has 6 heteroatoms. The van der Waals surface area contributed by atoms with Crippen molar-refractivity contribution in [1.82, 2.24) is 10.2 Å². The van der Waals surface area contributed by atoms with Gasteiger partial charge in [0.05, 0.1) is 32.8 Å². The zero-order valence-corrected chi connectivity index (χ0v) is 15.3. The Balaban J connectivity index is 1.65. The van der Waals surface area contributed by atoms with Crippen LogP contribution in [0.1, 0.15) is 16.5 Å². The van der Waals surface area contributed by atoms with Crippen molar-refractivity contribution < 1.29 is 14.3 Å². The molecule has 0 saturated carbocycles. The maximum absolute atomic E-state index is 12.3. The third-order valence-electron chi connectivity index (χ3n) is 4.39. The van der Waals surface area contributed by atoms with Gasteiger partial charge in [0, 0.05) is 24.5 Å². The smallest absolute Gasteiger partial charge is 0.225 e. The van der Waals surface area contributed by atoms with E-state index in [2.05, 4.69) is 22.3 Å². The fraction of sp³-hybridized carbons (Fsp3) is 0.421. The Labute approximate surface area is 152 Å². The van der Waals surface area contributed by atoms with E-state index in [0.29, 0.717) is 13.0 Å². The summed E-state index contributed by atoms with van der Waals surface area (Å²) in [6, 6.07) is 12.2. The zero-order chi connectivity index (χ0) is 17.5. The molecule has 5 nitrogen and oxygen atoms in total. The van der Waals surface area contributed by atoms with Crippen LogP contribution >= 0.6 is 11.3 Å². The number of hydrogen-bond donors (Lipinski definition) is 1. The summed E-state index contributed by atoms with van der Waals surface area (Å²) in [4.78, 5) is 15.7. The molecule has 1 N–H and O–H groups in total. The van der Waals surface area contributed by atoms with Gasteiger partial charge < -0.3 is 14.8 Å². The second kappa shape index (κ2) is 8.99. The predicted molar refractivity (Wildman–Crippen MR) is 99.2 cm³/mol. The zero-order valence-electron chi connectivity index (χ0n) is 14.4. The number of nitrogens with one attached hydrogen (secondary N) is 1. The first-order valence-electron chi connectivity index (χ1n) is 8.51. The van der Waals surface area contributed by atoms with Gasteiger partial charge in [-0.15, -0.1) is 11.3 Å². The van der Waals surface area contributed by atoms with Gasteiger partial charge in [-0.1, -0.05) is 18.2 Å². The Kier molecular flexibility index (Phi) is 6.44. The quantitative estimate of drug-likeness (QED) is 0.824. The Morgan fingerprint density at radius 1 is 1.28 bits per heavy atom. The monoisotopic (exact) mass is 360 g/mol. The summed E-state index contributed by atoms with van der Waals surface area (Å²) in [5, 5.41) is 5.10. The Morgan fingerprint density at radius 2 is 2.04 bits per heavy atom. The standard InChI is InChI=1S/C19H24N2O3S/c1-23-16-6-4-15(5-7-16)18(21-8-10-24-11-9-21)14-20-19(22)13-17-3-2-12-25-17/h2-7,12,18H,8-11,13-14H2,1H3,(H,20,22)/t18-/m1/s1. The van der Waals surface area contributed by atoms with E-state index in [1.807, 2.05) is 29.6 Å². The molecule has 1 fully saturated rings. The van der Waals surface area contributed by atoms with Gasteiger partial charge in [0.25, 0.3) is 0 Å². The van der Waals surface area contributed by atoms with Crippen LogP contribution < -0.4 is 10.1 Å². The van der Waals surface area contributed by atoms with Gasteiger partial charge in [-0.05, 0) is 29.1 Å². The summed E-state index contributed by atoms with van der Waals surface area (Å²) < 4.78 is 10.7. The minimum absolute atomic E-state index is 0.0641. The van der Waals surface area contributed by atoms with E-state index in [-0.39, 0.29) is 11.9 Å². The van der Waals surface area contributed by atoms with Crippen molar-refractivity contribution >= 4 is 17.2 Å². The lowest BCUT2D eigenvalue weighted by Crippen LogP contribution is -2.44. The molecule has 134 valence electrons. The molecule has 2 heterocycles. The summed E-state index contributed by atoms with van der Waals surface area (Å²) in [5.41, 5.74) is 1.18. The lowest BCUT2D eigenvalue weighted by atomic mass is 10.0. The lowest BCUT2D eigenvalue weighted by Gasteiger charge is -2.35. The van der Waals surface area contributed by atoms with Crippen molar-refractivity contribution in [3.05, 3.63) is 52.2 Å². The van der Waals surface area contributed by atoms with E-state index < -0.39 is 0 Å². The molecule has 0 unspecified atom stereocenters. The highest BCUT2D eigenvalue weighted by atomic mass is 32.1. The molecule has 0 aliphatic carbocycles. The van der Waals surface area contributed by atoms with Crippen LogP contribution in [0.4, 0.5) is 0 Å². The van der Waals surface area contributed by atoms with Crippen molar-refractivity contribution in [2.45, 2.75) is 12.5 Å². The van der Waals surface area contributed by atoms with Gasteiger partial charge >= 0.3 is 0 Å². The molecule has 1 aromatic heterocycles. The van der Waals surface area contributed by atoms with Crippen LogP contribution in [-0.4, -0.2) is 50.8 Å². The normalized spacial score (nSPS) is 16.4. The molecule has 1 aromatic carbocycles. The lowest BCUT2D eigenvalue weighted by molar-refractivity contribution is -0.120. The summed E-state index contributed by atoms with van der Waals surface area (Å²) in [6.45, 7) is 3.80. The number of benzene rings is 1. The molecule has 1 amide bonds. The molecule has 0 spiro atoms. The van der Waals surface area contributed by atoms with E-state index in [1.54, 1.807) is 18.4 Å². The maximum Gasteiger partial charge on any atom is 0.225 e. The number of ether oxygens (including phenoxy) is 2. The Hall–Kier alpha value is -1.89. The summed E-state index contributed by atoms with van der Waals surface area (Å²) in [5.74, 6) is 0.903. The topological polar surface area (TPSA) is 50.8 Å². The van der Waals surface area contributed by atoms with Crippen molar-refractivity contribution in [2.24, 2.45) is 0 Å². The minimum atomic E-state index is 0.0641. The summed E-state index contributed by atoms with van der Waals surface area (Å²) in [7, 11) is 1.67. The number of morpholine rings is 1. The van der Waals surface area contributed by atoms with Crippen LogP contribution in [0.25, 0.3) is 0 Å². The number of nitrogens with zero attached hydrogens (tertiary/aromatic N) is 1. The average molecular weight is 360 g/mol. The highest BCUT2D eigenvalue weighted by molar-refractivity contribution is 7.10. The van der Waals surface area contributed by atoms with Gasteiger partial charge in [0.2, 0.25) is 5.91 Å². The van der Waals surface area contributed by atoms with Crippen molar-refractivity contribution in [2.75, 3.05) is 40.0 Å². The minimum Gasteiger partial charge on any atom is -0.497 e. The van der Waals surface area contributed by atoms with Crippen molar-refractivity contribution in [3.63, 3.8) is 0 Å². The number of methoxy groups -OCH3 is 1. The number of rotatable bonds is 7. The number of amides is 1. The second-order valence-corrected chi connectivity index (χ2v) is 7.03. The third kappa shape index (κ3) is 5.04. The van der Waals surface area contributed by atoms with Crippen molar-refractivity contribution in [1.29, 1.82) is 0 Å². The molecule has 1 atom stereocenters. The van der Waals surface area contributed by atoms with E-state index in [0.717, 1.165) is 36.9 Å². The fourth-order valence-corrected chi connectivity index (χ4v) is 3.72. The molecule has 0 bridgehead atoms. The molecule has 1 aliphatic rings. The molecule has 3 rings (SSSR count). The molecular formula is C19H24N2O3S. The van der Waals surface area contributed by atoms with Gasteiger partial charge in [-0.3, -0.25) is 9.69 Å². The Bertz CT molecular complexity index is 652. The molecule has 1 saturated heterocycles. The second-order valence-electron chi connectivity index (χ2n) is 6.00. The Morgan fingerprint density at radius 3 is 2.68 bits per heavy atom. The first-order chi connectivity index (χ1) is 12.3.